The van der Waals surface area contributed by atoms with E-state index >= 15 is 0 Å². The molecule has 0 bridgehead atoms. The Morgan fingerprint density at radius 3 is 2.48 bits per heavy atom. The number of benzene rings is 1. The first-order valence-corrected chi connectivity index (χ1v) is 8.06. The lowest BCUT2D eigenvalue weighted by Gasteiger charge is -2.28. The van der Waals surface area contributed by atoms with Gasteiger partial charge in [0.2, 0.25) is 6.10 Å². The van der Waals surface area contributed by atoms with Crippen LogP contribution in [0.4, 0.5) is 18.9 Å². The van der Waals surface area contributed by atoms with Crippen molar-refractivity contribution in [1.82, 2.24) is 5.32 Å². The molecule has 1 aliphatic rings. The van der Waals surface area contributed by atoms with E-state index in [0.717, 1.165) is 18.6 Å². The van der Waals surface area contributed by atoms with Crippen LogP contribution in [-0.2, 0) is 15.7 Å². The molecule has 2 atom stereocenters. The summed E-state index contributed by atoms with van der Waals surface area (Å²) in [6, 6.07) is 2.60. The van der Waals surface area contributed by atoms with Crippen molar-refractivity contribution in [3.63, 3.8) is 0 Å². The van der Waals surface area contributed by atoms with Gasteiger partial charge in [-0.2, -0.15) is 13.2 Å². The number of carbonyl (C=O) groups excluding carboxylic acids is 1. The molecule has 5 nitrogen and oxygen atoms in total. The van der Waals surface area contributed by atoms with Gasteiger partial charge in [0.15, 0.2) is 0 Å². The molecular formula is C17H23F3N2O3. The van der Waals surface area contributed by atoms with Crippen LogP contribution in [0.25, 0.3) is 0 Å². The summed E-state index contributed by atoms with van der Waals surface area (Å²) in [5.74, 6) is -0.736. The molecule has 1 unspecified atom stereocenters. The number of rotatable bonds is 4. The molecule has 0 radical (unpaired) electrons. The van der Waals surface area contributed by atoms with Gasteiger partial charge in [0, 0.05) is 11.8 Å². The zero-order valence-corrected chi connectivity index (χ0v) is 14.4. The molecule has 0 spiro atoms. The second-order valence-electron chi connectivity index (χ2n) is 7.06. The Labute approximate surface area is 144 Å². The predicted molar refractivity (Wildman–Crippen MR) is 87.1 cm³/mol. The molecule has 1 aromatic rings. The molecular weight excluding hydrogens is 337 g/mol. The van der Waals surface area contributed by atoms with E-state index in [0.29, 0.717) is 13.0 Å². The summed E-state index contributed by atoms with van der Waals surface area (Å²) >= 11 is 0. The number of nitrogens with two attached hydrogens (primary N) is 1. The van der Waals surface area contributed by atoms with Gasteiger partial charge in [-0.05, 0) is 52.3 Å². The summed E-state index contributed by atoms with van der Waals surface area (Å²) in [4.78, 5) is 12.5. The van der Waals surface area contributed by atoms with Gasteiger partial charge in [-0.25, -0.2) is 4.79 Å². The fourth-order valence-corrected chi connectivity index (χ4v) is 2.62. The molecule has 1 aliphatic heterocycles. The fourth-order valence-electron chi connectivity index (χ4n) is 2.62. The molecule has 8 heteroatoms. The Morgan fingerprint density at radius 1 is 1.28 bits per heavy atom. The second-order valence-corrected chi connectivity index (χ2v) is 7.06. The van der Waals surface area contributed by atoms with Crippen molar-refractivity contribution in [3.05, 3.63) is 23.8 Å². The minimum atomic E-state index is -4.56. The van der Waals surface area contributed by atoms with Crippen LogP contribution in [0.2, 0.25) is 0 Å². The van der Waals surface area contributed by atoms with E-state index in [1.54, 1.807) is 20.8 Å². The van der Waals surface area contributed by atoms with Crippen LogP contribution in [0, 0.1) is 0 Å². The van der Waals surface area contributed by atoms with Crippen molar-refractivity contribution < 1.29 is 27.4 Å². The third-order valence-electron chi connectivity index (χ3n) is 3.62. The number of hydrogen-bond acceptors (Lipinski definition) is 5. The topological polar surface area (TPSA) is 73.6 Å². The minimum absolute atomic E-state index is 0.0906. The first kappa shape index (κ1) is 19.4. The molecule has 0 amide bonds. The monoisotopic (exact) mass is 360 g/mol. The third-order valence-corrected chi connectivity index (χ3v) is 3.62. The maximum atomic E-state index is 13.0. The minimum Gasteiger partial charge on any atom is -0.477 e. The van der Waals surface area contributed by atoms with Gasteiger partial charge < -0.3 is 20.5 Å². The van der Waals surface area contributed by atoms with Crippen LogP contribution in [0.5, 0.6) is 5.75 Å². The van der Waals surface area contributed by atoms with E-state index in [1.807, 2.05) is 0 Å². The molecule has 0 saturated carbocycles. The number of alkyl halides is 3. The van der Waals surface area contributed by atoms with Crippen molar-refractivity contribution in [2.75, 3.05) is 12.3 Å². The Kier molecular flexibility index (Phi) is 5.51. The predicted octanol–water partition coefficient (Wildman–Crippen LogP) is 3.13. The number of halogens is 3. The highest BCUT2D eigenvalue weighted by Gasteiger charge is 2.37. The lowest BCUT2D eigenvalue weighted by Crippen LogP contribution is -2.47. The zero-order chi connectivity index (χ0) is 18.8. The van der Waals surface area contributed by atoms with Gasteiger partial charge in [-0.1, -0.05) is 0 Å². The van der Waals surface area contributed by atoms with Crippen LogP contribution in [0.3, 0.4) is 0 Å². The Balaban J connectivity index is 2.27. The van der Waals surface area contributed by atoms with Gasteiger partial charge in [-0.3, -0.25) is 0 Å². The Morgan fingerprint density at radius 2 is 1.96 bits per heavy atom. The van der Waals surface area contributed by atoms with Crippen LogP contribution in [0.15, 0.2) is 18.2 Å². The first-order chi connectivity index (χ1) is 11.5. The lowest BCUT2D eigenvalue weighted by molar-refractivity contribution is -0.164. The number of esters is 1. The van der Waals surface area contributed by atoms with E-state index in [9.17, 15) is 18.0 Å². The second kappa shape index (κ2) is 7.11. The largest absolute Gasteiger partial charge is 0.477 e. The molecule has 25 heavy (non-hydrogen) atoms. The molecule has 0 aromatic heterocycles. The smallest absolute Gasteiger partial charge is 0.416 e. The lowest BCUT2D eigenvalue weighted by atomic mass is 10.1. The highest BCUT2D eigenvalue weighted by molar-refractivity contribution is 5.76. The summed E-state index contributed by atoms with van der Waals surface area (Å²) in [6.45, 7) is 5.85. The molecule has 1 fully saturated rings. The van der Waals surface area contributed by atoms with Crippen LogP contribution >= 0.6 is 0 Å². The van der Waals surface area contributed by atoms with E-state index < -0.39 is 29.4 Å². The fraction of sp³-hybridized carbons (Fsp3) is 0.588. The maximum Gasteiger partial charge on any atom is 0.416 e. The number of nitrogen functional groups attached to an aromatic ring is 1. The average Bonchev–Trinajstić information content (AvgIpc) is 2.95. The van der Waals surface area contributed by atoms with Gasteiger partial charge in [0.1, 0.15) is 11.4 Å². The highest BCUT2D eigenvalue weighted by Crippen LogP contribution is 2.34. The average molecular weight is 360 g/mol. The Hall–Kier alpha value is -1.96. The quantitative estimate of drug-likeness (QED) is 0.637. The van der Waals surface area contributed by atoms with Gasteiger partial charge >= 0.3 is 12.1 Å². The maximum absolute atomic E-state index is 13.0. The highest BCUT2D eigenvalue weighted by atomic mass is 19.4. The van der Waals surface area contributed by atoms with Crippen molar-refractivity contribution in [3.8, 4) is 5.75 Å². The van der Waals surface area contributed by atoms with E-state index in [-0.39, 0.29) is 17.5 Å². The number of anilines is 1. The molecule has 1 aromatic carbocycles. The van der Waals surface area contributed by atoms with Crippen molar-refractivity contribution in [1.29, 1.82) is 0 Å². The van der Waals surface area contributed by atoms with Gasteiger partial charge in [0.25, 0.3) is 0 Å². The molecule has 140 valence electrons. The van der Waals surface area contributed by atoms with Crippen molar-refractivity contribution >= 4 is 11.7 Å². The Bertz CT molecular complexity index is 621. The summed E-state index contributed by atoms with van der Waals surface area (Å²) in [5.41, 5.74) is 3.80. The third kappa shape index (κ3) is 5.52. The SMILES string of the molecule is CC(C)(C)OC(=O)[C@@H](Oc1cc(N)cc(C(F)(F)F)c1)C1CCCN1. The van der Waals surface area contributed by atoms with E-state index in [2.05, 4.69) is 5.32 Å². The van der Waals surface area contributed by atoms with Crippen LogP contribution < -0.4 is 15.8 Å². The number of carbonyl (C=O) groups is 1. The standard InChI is InChI=1S/C17H23F3N2O3/c1-16(2,3)25-15(23)14(13-5-4-6-22-13)24-12-8-10(17(18,19)20)7-11(21)9-12/h7-9,13-14,22H,4-6,21H2,1-3H3/t13?,14-/m0/s1. The molecule has 0 aliphatic carbocycles. The number of ether oxygens (including phenoxy) is 2. The summed E-state index contributed by atoms with van der Waals surface area (Å²) in [5, 5.41) is 3.12. The van der Waals surface area contributed by atoms with Crippen molar-refractivity contribution in [2.24, 2.45) is 0 Å². The van der Waals surface area contributed by atoms with E-state index in [1.165, 1.54) is 6.07 Å². The molecule has 1 saturated heterocycles. The molecule has 2 rings (SSSR count). The van der Waals surface area contributed by atoms with Gasteiger partial charge in [0.05, 0.1) is 11.6 Å². The van der Waals surface area contributed by atoms with Crippen LogP contribution in [-0.4, -0.2) is 30.3 Å². The summed E-state index contributed by atoms with van der Waals surface area (Å²) < 4.78 is 49.8. The number of hydrogen-bond donors (Lipinski definition) is 2. The zero-order valence-electron chi connectivity index (χ0n) is 14.4. The first-order valence-electron chi connectivity index (χ1n) is 8.06. The van der Waals surface area contributed by atoms with Crippen molar-refractivity contribution in [2.45, 2.75) is 57.5 Å². The van der Waals surface area contributed by atoms with E-state index in [4.69, 9.17) is 15.2 Å². The molecule has 3 N–H and O–H groups in total. The number of nitrogens with one attached hydrogen (secondary N) is 1. The summed E-state index contributed by atoms with van der Waals surface area (Å²) in [7, 11) is 0. The summed E-state index contributed by atoms with van der Waals surface area (Å²) in [6.07, 6.45) is -4.10. The van der Waals surface area contributed by atoms with Crippen LogP contribution in [0.1, 0.15) is 39.2 Å². The normalized spacial score (nSPS) is 19.5. The molecule has 1 heterocycles. The van der Waals surface area contributed by atoms with Gasteiger partial charge in [-0.15, -0.1) is 0 Å².